The van der Waals surface area contributed by atoms with Gasteiger partial charge in [0.1, 0.15) is 0 Å². The fourth-order valence-corrected chi connectivity index (χ4v) is 3.43. The molecular weight excluding hydrogens is 316 g/mol. The minimum absolute atomic E-state index is 0.0506. The molecule has 0 bridgehead atoms. The van der Waals surface area contributed by atoms with Gasteiger partial charge in [0, 0.05) is 10.6 Å². The monoisotopic (exact) mass is 330 g/mol. The summed E-state index contributed by atoms with van der Waals surface area (Å²) in [5, 5.41) is 4.63. The van der Waals surface area contributed by atoms with Crippen molar-refractivity contribution in [3.05, 3.63) is 58.6 Å². The van der Waals surface area contributed by atoms with Crippen LogP contribution < -0.4 is 5.32 Å². The number of carbonyl (C=O) groups excluding carboxylic acids is 1. The van der Waals surface area contributed by atoms with Crippen molar-refractivity contribution in [3.8, 4) is 0 Å². The van der Waals surface area contributed by atoms with Crippen LogP contribution in [-0.4, -0.2) is 16.8 Å². The van der Waals surface area contributed by atoms with Crippen LogP contribution in [0.1, 0.15) is 22.8 Å². The van der Waals surface area contributed by atoms with E-state index in [1.54, 1.807) is 0 Å². The highest BCUT2D eigenvalue weighted by Gasteiger charge is 2.17. The molecule has 0 saturated carbocycles. The van der Waals surface area contributed by atoms with E-state index >= 15 is 0 Å². The topological polar surface area (TPSA) is 42.0 Å². The van der Waals surface area contributed by atoms with E-state index in [1.165, 1.54) is 11.3 Å². The summed E-state index contributed by atoms with van der Waals surface area (Å²) in [4.78, 5) is 16.9. The summed E-state index contributed by atoms with van der Waals surface area (Å²) in [5.41, 5.74) is 2.55. The number of aromatic nitrogens is 1. The third kappa shape index (κ3) is 2.85. The molecule has 3 rings (SSSR count). The molecule has 22 heavy (non-hydrogen) atoms. The lowest BCUT2D eigenvalue weighted by Crippen LogP contribution is -2.26. The van der Waals surface area contributed by atoms with Gasteiger partial charge < -0.3 is 5.32 Å². The van der Waals surface area contributed by atoms with Gasteiger partial charge in [-0.25, -0.2) is 4.98 Å². The van der Waals surface area contributed by atoms with Crippen molar-refractivity contribution in [1.29, 1.82) is 0 Å². The quantitative estimate of drug-likeness (QED) is 0.689. The van der Waals surface area contributed by atoms with Crippen LogP contribution >= 0.6 is 22.9 Å². The summed E-state index contributed by atoms with van der Waals surface area (Å²) < 4.78 is 1.06. The lowest BCUT2D eigenvalue weighted by molar-refractivity contribution is 0.0975. The van der Waals surface area contributed by atoms with E-state index in [0.717, 1.165) is 20.9 Å². The minimum atomic E-state index is -0.334. The maximum Gasteiger partial charge on any atom is 0.184 e. The van der Waals surface area contributed by atoms with Gasteiger partial charge in [0.25, 0.3) is 0 Å². The van der Waals surface area contributed by atoms with Gasteiger partial charge in [0.05, 0.1) is 16.3 Å². The summed E-state index contributed by atoms with van der Waals surface area (Å²) in [5.74, 6) is 0.0506. The van der Waals surface area contributed by atoms with E-state index < -0.39 is 0 Å². The highest BCUT2D eigenvalue weighted by Crippen LogP contribution is 2.32. The zero-order valence-electron chi connectivity index (χ0n) is 12.3. The number of thiazole rings is 1. The summed E-state index contributed by atoms with van der Waals surface area (Å²) in [6.07, 6.45) is 0. The van der Waals surface area contributed by atoms with Gasteiger partial charge in [-0.1, -0.05) is 53.3 Å². The molecule has 3 nitrogen and oxygen atoms in total. The Morgan fingerprint density at radius 1 is 1.23 bits per heavy atom. The first-order valence-corrected chi connectivity index (χ1v) is 8.17. The Bertz CT molecular complexity index is 829. The molecule has 2 aromatic carbocycles. The Morgan fingerprint density at radius 2 is 1.95 bits per heavy atom. The lowest BCUT2D eigenvalue weighted by atomic mass is 10.1. The molecule has 1 aromatic heterocycles. The van der Waals surface area contributed by atoms with Crippen molar-refractivity contribution in [1.82, 2.24) is 4.98 Å². The third-order valence-electron chi connectivity index (χ3n) is 3.54. The van der Waals surface area contributed by atoms with Crippen LogP contribution in [0.5, 0.6) is 0 Å². The smallest absolute Gasteiger partial charge is 0.184 e. The second-order valence-corrected chi connectivity index (χ2v) is 6.57. The molecule has 0 aliphatic rings. The van der Waals surface area contributed by atoms with Crippen molar-refractivity contribution in [2.75, 3.05) is 5.32 Å². The van der Waals surface area contributed by atoms with Gasteiger partial charge in [-0.2, -0.15) is 0 Å². The van der Waals surface area contributed by atoms with Crippen LogP contribution in [-0.2, 0) is 0 Å². The normalized spacial score (nSPS) is 12.3. The molecule has 0 amide bonds. The van der Waals surface area contributed by atoms with E-state index in [-0.39, 0.29) is 11.8 Å². The fraction of sp³-hybridized carbons (Fsp3) is 0.176. The van der Waals surface area contributed by atoms with Crippen LogP contribution in [0.2, 0.25) is 5.02 Å². The number of benzene rings is 2. The predicted octanol–water partition coefficient (Wildman–Crippen LogP) is 4.94. The van der Waals surface area contributed by atoms with E-state index in [2.05, 4.69) is 10.3 Å². The predicted molar refractivity (Wildman–Crippen MR) is 93.2 cm³/mol. The van der Waals surface area contributed by atoms with Crippen molar-refractivity contribution in [2.24, 2.45) is 0 Å². The van der Waals surface area contributed by atoms with E-state index in [1.807, 2.05) is 56.3 Å². The third-order valence-corrected chi connectivity index (χ3v) is 4.90. The molecule has 0 fully saturated rings. The van der Waals surface area contributed by atoms with E-state index in [9.17, 15) is 4.79 Å². The molecule has 0 saturated heterocycles. The fourth-order valence-electron chi connectivity index (χ4n) is 2.27. The lowest BCUT2D eigenvalue weighted by Gasteiger charge is -2.11. The average Bonchev–Trinajstić information content (AvgIpc) is 2.94. The Hall–Kier alpha value is -1.91. The molecule has 5 heteroatoms. The Balaban J connectivity index is 1.84. The molecule has 1 atom stereocenters. The molecular formula is C17H15ClN2OS. The highest BCUT2D eigenvalue weighted by atomic mass is 35.5. The number of fused-ring (bicyclic) bond motifs is 1. The molecule has 0 spiro atoms. The number of halogens is 1. The maximum absolute atomic E-state index is 12.4. The molecule has 0 aliphatic carbocycles. The first kappa shape index (κ1) is 15.0. The van der Waals surface area contributed by atoms with Gasteiger partial charge in [-0.05, 0) is 31.5 Å². The summed E-state index contributed by atoms with van der Waals surface area (Å²) in [6.45, 7) is 3.80. The SMILES string of the molecule is Cc1c(Cl)ccc2sc(NC(C)C(=O)c3ccccc3)nc12. The second-order valence-electron chi connectivity index (χ2n) is 5.13. The number of Topliss-reactive ketones (excluding diaryl/α,β-unsaturated/α-hetero) is 1. The second kappa shape index (κ2) is 6.07. The van der Waals surface area contributed by atoms with Gasteiger partial charge >= 0.3 is 0 Å². The first-order valence-electron chi connectivity index (χ1n) is 6.97. The zero-order valence-corrected chi connectivity index (χ0v) is 13.8. The van der Waals surface area contributed by atoms with Crippen molar-refractivity contribution >= 4 is 44.1 Å². The number of carbonyl (C=O) groups is 1. The largest absolute Gasteiger partial charge is 0.352 e. The molecule has 0 radical (unpaired) electrons. The summed E-state index contributed by atoms with van der Waals surface area (Å²) in [6, 6.07) is 12.8. The van der Waals surface area contributed by atoms with E-state index in [4.69, 9.17) is 11.6 Å². The molecule has 3 aromatic rings. The average molecular weight is 331 g/mol. The van der Waals surface area contributed by atoms with E-state index in [0.29, 0.717) is 10.6 Å². The molecule has 112 valence electrons. The number of hydrogen-bond acceptors (Lipinski definition) is 4. The summed E-state index contributed by atoms with van der Waals surface area (Å²) in [7, 11) is 0. The van der Waals surface area contributed by atoms with Crippen molar-refractivity contribution in [3.63, 3.8) is 0 Å². The maximum atomic E-state index is 12.4. The van der Waals surface area contributed by atoms with Crippen LogP contribution in [0.15, 0.2) is 42.5 Å². The molecule has 1 heterocycles. The Morgan fingerprint density at radius 3 is 2.68 bits per heavy atom. The number of hydrogen-bond donors (Lipinski definition) is 1. The zero-order chi connectivity index (χ0) is 15.7. The Labute approximate surface area is 138 Å². The molecule has 1 N–H and O–H groups in total. The van der Waals surface area contributed by atoms with Crippen LogP contribution in [0.4, 0.5) is 5.13 Å². The first-order chi connectivity index (χ1) is 10.6. The number of rotatable bonds is 4. The number of aryl methyl sites for hydroxylation is 1. The van der Waals surface area contributed by atoms with Crippen LogP contribution in [0, 0.1) is 6.92 Å². The van der Waals surface area contributed by atoms with Gasteiger partial charge in [-0.3, -0.25) is 4.79 Å². The summed E-state index contributed by atoms with van der Waals surface area (Å²) >= 11 is 7.65. The minimum Gasteiger partial charge on any atom is -0.352 e. The van der Waals surface area contributed by atoms with Crippen molar-refractivity contribution < 1.29 is 4.79 Å². The van der Waals surface area contributed by atoms with Gasteiger partial charge in [-0.15, -0.1) is 0 Å². The number of nitrogens with one attached hydrogen (secondary N) is 1. The molecule has 1 unspecified atom stereocenters. The number of anilines is 1. The highest BCUT2D eigenvalue weighted by molar-refractivity contribution is 7.22. The molecule has 0 aliphatic heterocycles. The van der Waals surface area contributed by atoms with Crippen LogP contribution in [0.3, 0.4) is 0 Å². The van der Waals surface area contributed by atoms with Crippen LogP contribution in [0.25, 0.3) is 10.2 Å². The van der Waals surface area contributed by atoms with Gasteiger partial charge in [0.2, 0.25) is 0 Å². The standard InChI is InChI=1S/C17H15ClN2OS/c1-10-13(18)8-9-14-15(10)20-17(22-14)19-11(2)16(21)12-6-4-3-5-7-12/h3-9,11H,1-2H3,(H,19,20). The number of nitrogens with zero attached hydrogens (tertiary/aromatic N) is 1. The van der Waals surface area contributed by atoms with Crippen molar-refractivity contribution in [2.45, 2.75) is 19.9 Å². The Kier molecular flexibility index (Phi) is 4.14. The number of ketones is 1. The van der Waals surface area contributed by atoms with Gasteiger partial charge in [0.15, 0.2) is 10.9 Å².